The van der Waals surface area contributed by atoms with Crippen molar-refractivity contribution >= 4 is 60.7 Å². The SMILES string of the molecule is [C-]#[N+]c1cccc(-c2ccc3c(c2)c2cc(-c4cccc(C#N)c4)ccc2n3-c2ccc(-c3ccc(C(F)(F)F)cc3[N+]#[C-])cc2-c2cc(-n3c4ccc(-c5cccc(C#N)c5)cc4c4cc(-c5cccc(C#N)c5)ccc43)ccc2[N+]#[C-])c1. The molecular weight excluding hydrogens is 1050 g/mol. The number of nitriles is 3. The molecule has 0 saturated heterocycles. The molecule has 0 unspecified atom stereocenters. The van der Waals surface area contributed by atoms with Gasteiger partial charge in [-0.3, -0.25) is 0 Å². The molecule has 0 aliphatic carbocycles. The van der Waals surface area contributed by atoms with Crippen LogP contribution in [0.1, 0.15) is 22.3 Å². The first kappa shape index (κ1) is 51.2. The molecular formula is C73H37F3N8. The zero-order valence-electron chi connectivity index (χ0n) is 44.1. The average molecular weight is 1080 g/mol. The number of halogens is 3. The van der Waals surface area contributed by atoms with Crippen LogP contribution in [0, 0.1) is 53.7 Å². The number of nitrogens with zero attached hydrogens (tertiary/aromatic N) is 8. The van der Waals surface area contributed by atoms with E-state index in [4.69, 9.17) is 19.7 Å². The lowest BCUT2D eigenvalue weighted by atomic mass is 9.94. The minimum Gasteiger partial charge on any atom is -0.309 e. The standard InChI is InChI=1S/C73H37F3N8/c1-80-57-15-7-14-50(33-57)54-19-28-72-65(37-54)64-36-53(49-13-6-10-46(32-49)43-79)18-27-71(64)84(72)70-29-20-55(59-23-21-56(73(74,75)76)39-67(59)82-3)38-61(70)60-40-58(22-24-66(60)81-2)83-68-25-16-51(47-11-4-8-44(30-47)41-77)34-62(68)63-35-52(17-26-69(63)83)48-12-5-9-45(31-48)42-78/h4-40H. The maximum atomic E-state index is 14.2. The zero-order valence-corrected chi connectivity index (χ0v) is 44.1. The van der Waals surface area contributed by atoms with Crippen LogP contribution in [0.4, 0.5) is 30.2 Å². The largest absolute Gasteiger partial charge is 0.415 e. The predicted octanol–water partition coefficient (Wildman–Crippen LogP) is 20.2. The van der Waals surface area contributed by atoms with Crippen LogP contribution in [-0.2, 0) is 6.18 Å². The van der Waals surface area contributed by atoms with Gasteiger partial charge in [0, 0.05) is 32.8 Å². The van der Waals surface area contributed by atoms with Gasteiger partial charge < -0.3 is 9.13 Å². The Labute approximate surface area is 479 Å². The number of hydrogen-bond acceptors (Lipinski definition) is 3. The number of hydrogen-bond donors (Lipinski definition) is 0. The highest BCUT2D eigenvalue weighted by molar-refractivity contribution is 6.14. The molecule has 0 bridgehead atoms. The van der Waals surface area contributed by atoms with Crippen molar-refractivity contribution in [1.82, 2.24) is 9.13 Å². The molecule has 0 aliphatic heterocycles. The molecule has 11 aromatic carbocycles. The summed E-state index contributed by atoms with van der Waals surface area (Å²) in [5, 5.41) is 33.1. The molecule has 0 fully saturated rings. The Morgan fingerprint density at radius 3 is 1.24 bits per heavy atom. The van der Waals surface area contributed by atoms with E-state index in [0.717, 1.165) is 100 Å². The van der Waals surface area contributed by atoms with E-state index in [0.29, 0.717) is 50.4 Å². The van der Waals surface area contributed by atoms with Crippen molar-refractivity contribution in [1.29, 1.82) is 15.8 Å². The highest BCUT2D eigenvalue weighted by Crippen LogP contribution is 2.47. The Hall–Kier alpha value is -12.3. The smallest absolute Gasteiger partial charge is 0.309 e. The van der Waals surface area contributed by atoms with E-state index in [-0.39, 0.29) is 16.9 Å². The van der Waals surface area contributed by atoms with Gasteiger partial charge in [-0.05, 0) is 188 Å². The summed E-state index contributed by atoms with van der Waals surface area (Å²) in [6.45, 7) is 24.6. The molecule has 0 atom stereocenters. The third-order valence-corrected chi connectivity index (χ3v) is 15.5. The second kappa shape index (κ2) is 20.4. The molecule has 2 aromatic heterocycles. The molecule has 0 aliphatic rings. The normalized spacial score (nSPS) is 11.2. The van der Waals surface area contributed by atoms with Crippen molar-refractivity contribution in [2.24, 2.45) is 0 Å². The van der Waals surface area contributed by atoms with Crippen LogP contribution < -0.4 is 0 Å². The van der Waals surface area contributed by atoms with Crippen LogP contribution in [-0.4, -0.2) is 9.13 Å². The van der Waals surface area contributed by atoms with Crippen LogP contribution in [0.3, 0.4) is 0 Å². The van der Waals surface area contributed by atoms with E-state index in [1.54, 1.807) is 36.4 Å². The molecule has 13 aromatic rings. The lowest BCUT2D eigenvalue weighted by Gasteiger charge is -2.19. The van der Waals surface area contributed by atoms with E-state index in [9.17, 15) is 29.0 Å². The van der Waals surface area contributed by atoms with Crippen LogP contribution in [0.25, 0.3) is 136 Å². The van der Waals surface area contributed by atoms with Gasteiger partial charge in [0.2, 0.25) is 0 Å². The van der Waals surface area contributed by atoms with Crippen LogP contribution in [0.2, 0.25) is 0 Å². The van der Waals surface area contributed by atoms with Crippen molar-refractivity contribution < 1.29 is 13.2 Å². The third-order valence-electron chi connectivity index (χ3n) is 15.5. The summed E-state index contributed by atoms with van der Waals surface area (Å²) in [4.78, 5) is 11.4. The second-order valence-electron chi connectivity index (χ2n) is 20.2. The fourth-order valence-corrected chi connectivity index (χ4v) is 11.5. The highest BCUT2D eigenvalue weighted by atomic mass is 19.4. The summed E-state index contributed by atoms with van der Waals surface area (Å²) in [5.41, 5.74) is 14.5. The van der Waals surface area contributed by atoms with Gasteiger partial charge in [0.05, 0.1) is 82.4 Å². The first-order valence-electron chi connectivity index (χ1n) is 26.4. The third kappa shape index (κ3) is 8.87. The van der Waals surface area contributed by atoms with Gasteiger partial charge in [-0.2, -0.15) is 29.0 Å². The minimum absolute atomic E-state index is 0.190. The number of rotatable bonds is 8. The van der Waals surface area contributed by atoms with Crippen molar-refractivity contribution in [2.45, 2.75) is 6.18 Å². The first-order chi connectivity index (χ1) is 40.9. The lowest BCUT2D eigenvalue weighted by molar-refractivity contribution is -0.137. The van der Waals surface area contributed by atoms with Gasteiger partial charge in [0.25, 0.3) is 0 Å². The number of fused-ring (bicyclic) bond motifs is 6. The van der Waals surface area contributed by atoms with Gasteiger partial charge in [0.15, 0.2) is 17.1 Å². The van der Waals surface area contributed by atoms with Gasteiger partial charge in [0.1, 0.15) is 0 Å². The van der Waals surface area contributed by atoms with E-state index in [2.05, 4.69) is 66.1 Å². The predicted molar refractivity (Wildman–Crippen MR) is 326 cm³/mol. The monoisotopic (exact) mass is 1080 g/mol. The van der Waals surface area contributed by atoms with Gasteiger partial charge in [-0.1, -0.05) is 103 Å². The molecule has 11 heteroatoms. The Morgan fingerprint density at radius 1 is 0.345 bits per heavy atom. The molecule has 84 heavy (non-hydrogen) atoms. The molecule has 8 nitrogen and oxygen atoms in total. The number of benzene rings is 11. The molecule has 0 saturated carbocycles. The minimum atomic E-state index is -4.69. The first-order valence-corrected chi connectivity index (χ1v) is 26.4. The highest BCUT2D eigenvalue weighted by Gasteiger charge is 2.31. The fraction of sp³-hybridized carbons (Fsp3) is 0.0137. The Balaban J connectivity index is 1.09. The lowest BCUT2D eigenvalue weighted by Crippen LogP contribution is -2.04. The van der Waals surface area contributed by atoms with Gasteiger partial charge >= 0.3 is 6.18 Å². The summed E-state index contributed by atoms with van der Waals surface area (Å²) in [6, 6.07) is 75.3. The van der Waals surface area contributed by atoms with Crippen molar-refractivity contribution in [3.05, 3.63) is 281 Å². The van der Waals surface area contributed by atoms with E-state index < -0.39 is 11.7 Å². The summed E-state index contributed by atoms with van der Waals surface area (Å²) in [5.74, 6) is 0. The molecule has 0 spiro atoms. The molecule has 0 radical (unpaired) electrons. The second-order valence-corrected chi connectivity index (χ2v) is 20.2. The van der Waals surface area contributed by atoms with Crippen molar-refractivity contribution in [3.8, 4) is 96.3 Å². The van der Waals surface area contributed by atoms with E-state index >= 15 is 0 Å². The van der Waals surface area contributed by atoms with Crippen molar-refractivity contribution in [3.63, 3.8) is 0 Å². The van der Waals surface area contributed by atoms with E-state index in [1.807, 2.05) is 146 Å². The van der Waals surface area contributed by atoms with Gasteiger partial charge in [-0.25, -0.2) is 14.5 Å². The average Bonchev–Trinajstić information content (AvgIpc) is 2.50. The number of alkyl halides is 3. The maximum absolute atomic E-state index is 14.2. The van der Waals surface area contributed by atoms with Crippen LogP contribution >= 0.6 is 0 Å². The van der Waals surface area contributed by atoms with E-state index in [1.165, 1.54) is 6.07 Å². The number of aromatic nitrogens is 2. The summed E-state index contributed by atoms with van der Waals surface area (Å²) >= 11 is 0. The fourth-order valence-electron chi connectivity index (χ4n) is 11.5. The molecule has 0 N–H and O–H groups in total. The van der Waals surface area contributed by atoms with Crippen LogP contribution in [0.15, 0.2) is 224 Å². The quantitative estimate of drug-likeness (QED) is 0.142. The molecule has 2 heterocycles. The summed E-state index contributed by atoms with van der Waals surface area (Å²) in [6.07, 6.45) is -4.69. The Morgan fingerprint density at radius 2 is 0.786 bits per heavy atom. The molecule has 13 rings (SSSR count). The summed E-state index contributed by atoms with van der Waals surface area (Å²) < 4.78 is 46.9. The zero-order chi connectivity index (χ0) is 57.8. The van der Waals surface area contributed by atoms with Crippen molar-refractivity contribution in [2.75, 3.05) is 0 Å². The Bertz CT molecular complexity index is 5000. The topological polar surface area (TPSA) is 94.3 Å². The Kier molecular flexibility index (Phi) is 12.5. The molecule has 0 amide bonds. The van der Waals surface area contributed by atoms with Gasteiger partial charge in [-0.15, -0.1) is 0 Å². The van der Waals surface area contributed by atoms with Crippen LogP contribution in [0.5, 0.6) is 0 Å². The maximum Gasteiger partial charge on any atom is 0.415 e. The summed E-state index contributed by atoms with van der Waals surface area (Å²) in [7, 11) is 0. The molecule has 390 valence electrons.